The van der Waals surface area contributed by atoms with Crippen LogP contribution in [0.3, 0.4) is 0 Å². The molecule has 1 N–H and O–H groups in total. The number of anilines is 2. The van der Waals surface area contributed by atoms with Crippen molar-refractivity contribution in [3.8, 4) is 0 Å². The summed E-state index contributed by atoms with van der Waals surface area (Å²) in [5, 5.41) is 2.51. The lowest BCUT2D eigenvalue weighted by molar-refractivity contribution is -0.114. The third kappa shape index (κ3) is 4.75. The Morgan fingerprint density at radius 2 is 1.79 bits per heavy atom. The predicted octanol–water partition coefficient (Wildman–Crippen LogP) is 3.13. The first kappa shape index (κ1) is 18.3. The van der Waals surface area contributed by atoms with Crippen LogP contribution in [0.2, 0.25) is 0 Å². The van der Waals surface area contributed by atoms with Crippen LogP contribution < -0.4 is 9.62 Å². The van der Waals surface area contributed by atoms with Crippen molar-refractivity contribution in [3.05, 3.63) is 58.6 Å². The Morgan fingerprint density at radius 3 is 2.33 bits per heavy atom. The second-order valence-corrected chi connectivity index (χ2v) is 7.74. The van der Waals surface area contributed by atoms with Crippen LogP contribution in [0.1, 0.15) is 0 Å². The minimum Gasteiger partial charge on any atom is -0.325 e. The molecule has 5 nitrogen and oxygen atoms in total. The van der Waals surface area contributed by atoms with Gasteiger partial charge in [-0.2, -0.15) is 0 Å². The second kappa shape index (κ2) is 7.27. The molecule has 2 aromatic rings. The van der Waals surface area contributed by atoms with Gasteiger partial charge in [0.25, 0.3) is 0 Å². The minimum absolute atomic E-state index is 0.398. The van der Waals surface area contributed by atoms with E-state index in [0.29, 0.717) is 16.1 Å². The summed E-state index contributed by atoms with van der Waals surface area (Å²) in [5.41, 5.74) is 0.0566. The highest BCUT2D eigenvalue weighted by molar-refractivity contribution is 9.10. The van der Waals surface area contributed by atoms with Gasteiger partial charge in [0.2, 0.25) is 15.9 Å². The Kier molecular flexibility index (Phi) is 5.55. The van der Waals surface area contributed by atoms with Crippen LogP contribution in [0.5, 0.6) is 0 Å². The van der Waals surface area contributed by atoms with Gasteiger partial charge in [0.15, 0.2) is 0 Å². The SMILES string of the molecule is CS(=O)(=O)N(CC(=O)Nc1ccc(Br)cc1)c1ccc(F)cc1F. The molecular formula is C15H13BrF2N2O3S. The lowest BCUT2D eigenvalue weighted by Crippen LogP contribution is -2.38. The molecule has 0 aliphatic carbocycles. The lowest BCUT2D eigenvalue weighted by Gasteiger charge is -2.22. The predicted molar refractivity (Wildman–Crippen MR) is 91.3 cm³/mol. The van der Waals surface area contributed by atoms with Crippen molar-refractivity contribution in [2.45, 2.75) is 0 Å². The van der Waals surface area contributed by atoms with Gasteiger partial charge in [0.05, 0.1) is 11.9 Å². The first-order valence-corrected chi connectivity index (χ1v) is 9.29. The number of halogens is 3. The van der Waals surface area contributed by atoms with Gasteiger partial charge in [-0.3, -0.25) is 9.10 Å². The second-order valence-electron chi connectivity index (χ2n) is 4.92. The molecule has 0 aliphatic heterocycles. The third-order valence-corrected chi connectivity index (χ3v) is 4.65. The summed E-state index contributed by atoms with van der Waals surface area (Å²) in [6.45, 7) is -0.641. The van der Waals surface area contributed by atoms with E-state index in [1.165, 1.54) is 0 Å². The fraction of sp³-hybridized carbons (Fsp3) is 0.133. The number of rotatable bonds is 5. The Bertz CT molecular complexity index is 858. The zero-order chi connectivity index (χ0) is 17.9. The Morgan fingerprint density at radius 1 is 1.17 bits per heavy atom. The standard InChI is InChI=1S/C15H13BrF2N2O3S/c1-24(22,23)20(14-7-4-11(17)8-13(14)18)9-15(21)19-12-5-2-10(16)3-6-12/h2-8H,9H2,1H3,(H,19,21). The van der Waals surface area contributed by atoms with Crippen molar-refractivity contribution < 1.29 is 22.0 Å². The molecule has 2 rings (SSSR count). The largest absolute Gasteiger partial charge is 0.325 e. The first-order valence-electron chi connectivity index (χ1n) is 6.65. The highest BCUT2D eigenvalue weighted by Crippen LogP contribution is 2.23. The van der Waals surface area contributed by atoms with E-state index in [-0.39, 0.29) is 0 Å². The van der Waals surface area contributed by atoms with Gasteiger partial charge >= 0.3 is 0 Å². The fourth-order valence-corrected chi connectivity index (χ4v) is 3.05. The molecule has 1 amide bonds. The molecule has 2 aromatic carbocycles. The zero-order valence-electron chi connectivity index (χ0n) is 12.5. The molecule has 0 aromatic heterocycles. The maximum absolute atomic E-state index is 13.9. The van der Waals surface area contributed by atoms with Gasteiger partial charge in [0, 0.05) is 16.2 Å². The number of hydrogen-bond acceptors (Lipinski definition) is 3. The molecule has 0 heterocycles. The van der Waals surface area contributed by atoms with Crippen molar-refractivity contribution >= 4 is 43.2 Å². The summed E-state index contributed by atoms with van der Waals surface area (Å²) in [5.74, 6) is -2.58. The van der Waals surface area contributed by atoms with Crippen LogP contribution in [-0.2, 0) is 14.8 Å². The maximum Gasteiger partial charge on any atom is 0.245 e. The van der Waals surface area contributed by atoms with E-state index in [1.807, 2.05) is 0 Å². The van der Waals surface area contributed by atoms with Crippen LogP contribution in [-0.4, -0.2) is 27.1 Å². The van der Waals surface area contributed by atoms with Crippen molar-refractivity contribution in [1.29, 1.82) is 0 Å². The summed E-state index contributed by atoms with van der Waals surface area (Å²) in [4.78, 5) is 12.1. The van der Waals surface area contributed by atoms with Crippen LogP contribution in [0.15, 0.2) is 46.9 Å². The highest BCUT2D eigenvalue weighted by Gasteiger charge is 2.24. The monoisotopic (exact) mass is 418 g/mol. The molecule has 0 atom stereocenters. The van der Waals surface area contributed by atoms with Gasteiger partial charge < -0.3 is 5.32 Å². The number of carbonyl (C=O) groups excluding carboxylic acids is 1. The summed E-state index contributed by atoms with van der Waals surface area (Å²) in [6.07, 6.45) is 0.836. The van der Waals surface area contributed by atoms with Crippen molar-refractivity contribution in [2.75, 3.05) is 22.4 Å². The van der Waals surface area contributed by atoms with E-state index < -0.39 is 39.8 Å². The number of carbonyl (C=O) groups is 1. The highest BCUT2D eigenvalue weighted by atomic mass is 79.9. The van der Waals surface area contributed by atoms with E-state index in [4.69, 9.17) is 0 Å². The Balaban J connectivity index is 2.23. The van der Waals surface area contributed by atoms with Gasteiger partial charge in [-0.15, -0.1) is 0 Å². The van der Waals surface area contributed by atoms with E-state index in [0.717, 1.165) is 22.9 Å². The van der Waals surface area contributed by atoms with E-state index >= 15 is 0 Å². The van der Waals surface area contributed by atoms with Crippen LogP contribution in [0.4, 0.5) is 20.2 Å². The molecule has 0 saturated heterocycles. The van der Waals surface area contributed by atoms with E-state index in [2.05, 4.69) is 21.2 Å². The fourth-order valence-electron chi connectivity index (χ4n) is 1.93. The molecule has 0 aliphatic rings. The molecule has 0 bridgehead atoms. The van der Waals surface area contributed by atoms with E-state index in [9.17, 15) is 22.0 Å². The van der Waals surface area contributed by atoms with Crippen molar-refractivity contribution in [2.24, 2.45) is 0 Å². The number of nitrogens with zero attached hydrogens (tertiary/aromatic N) is 1. The molecule has 24 heavy (non-hydrogen) atoms. The maximum atomic E-state index is 13.9. The number of nitrogens with one attached hydrogen (secondary N) is 1. The van der Waals surface area contributed by atoms with Gasteiger partial charge in [-0.05, 0) is 36.4 Å². The zero-order valence-corrected chi connectivity index (χ0v) is 14.9. The molecule has 0 spiro atoms. The molecule has 0 fully saturated rings. The average molecular weight is 419 g/mol. The molecule has 0 saturated carbocycles. The van der Waals surface area contributed by atoms with Crippen molar-refractivity contribution in [1.82, 2.24) is 0 Å². The van der Waals surface area contributed by atoms with Gasteiger partial charge in [0.1, 0.15) is 18.2 Å². The first-order chi connectivity index (χ1) is 11.2. The van der Waals surface area contributed by atoms with Crippen molar-refractivity contribution in [3.63, 3.8) is 0 Å². The number of sulfonamides is 1. The summed E-state index contributed by atoms with van der Waals surface area (Å²) in [6, 6.07) is 9.08. The topological polar surface area (TPSA) is 66.5 Å². The van der Waals surface area contributed by atoms with Crippen LogP contribution >= 0.6 is 15.9 Å². The van der Waals surface area contributed by atoms with Crippen LogP contribution in [0, 0.1) is 11.6 Å². The Hall–Kier alpha value is -2.00. The molecule has 0 radical (unpaired) electrons. The summed E-state index contributed by atoms with van der Waals surface area (Å²) in [7, 11) is -3.94. The summed E-state index contributed by atoms with van der Waals surface area (Å²) < 4.78 is 52.0. The molecular weight excluding hydrogens is 406 g/mol. The van der Waals surface area contributed by atoms with Gasteiger partial charge in [-0.25, -0.2) is 17.2 Å². The molecule has 0 unspecified atom stereocenters. The van der Waals surface area contributed by atoms with E-state index in [1.54, 1.807) is 24.3 Å². The Labute approximate surface area is 146 Å². The normalized spacial score (nSPS) is 11.2. The average Bonchev–Trinajstić information content (AvgIpc) is 2.47. The number of benzene rings is 2. The lowest BCUT2D eigenvalue weighted by atomic mass is 10.3. The smallest absolute Gasteiger partial charge is 0.245 e. The summed E-state index contributed by atoms with van der Waals surface area (Å²) >= 11 is 3.25. The third-order valence-electron chi connectivity index (χ3n) is 2.99. The quantitative estimate of drug-likeness (QED) is 0.810. The number of amides is 1. The minimum atomic E-state index is -3.94. The molecule has 9 heteroatoms. The van der Waals surface area contributed by atoms with Gasteiger partial charge in [-0.1, -0.05) is 15.9 Å². The number of hydrogen-bond donors (Lipinski definition) is 1. The molecule has 128 valence electrons. The van der Waals surface area contributed by atoms with Crippen LogP contribution in [0.25, 0.3) is 0 Å².